The molecular formula is C20H25N5O3. The number of nitrogens with zero attached hydrogens (tertiary/aromatic N) is 3. The molecule has 2 aromatic rings. The van der Waals surface area contributed by atoms with E-state index in [2.05, 4.69) is 25.5 Å². The Morgan fingerprint density at radius 3 is 2.68 bits per heavy atom. The number of piperidine rings is 1. The molecule has 8 nitrogen and oxygen atoms in total. The lowest BCUT2D eigenvalue weighted by atomic mass is 10.1. The molecule has 0 bridgehead atoms. The Labute approximate surface area is 164 Å². The predicted octanol–water partition coefficient (Wildman–Crippen LogP) is 1.39. The summed E-state index contributed by atoms with van der Waals surface area (Å²) in [5.74, 6) is 0.882. The topological polar surface area (TPSA) is 96.4 Å². The normalized spacial score (nSPS) is 16.3. The molecule has 2 N–H and O–H groups in total. The van der Waals surface area contributed by atoms with E-state index in [1.54, 1.807) is 42.7 Å². The first kappa shape index (κ1) is 19.6. The molecule has 0 saturated carbocycles. The zero-order valence-corrected chi connectivity index (χ0v) is 15.9. The monoisotopic (exact) mass is 383 g/mol. The third-order valence-electron chi connectivity index (χ3n) is 4.46. The molecule has 2 heterocycles. The molecule has 28 heavy (non-hydrogen) atoms. The van der Waals surface area contributed by atoms with Crippen molar-refractivity contribution in [3.05, 3.63) is 48.3 Å². The van der Waals surface area contributed by atoms with Crippen molar-refractivity contribution >= 4 is 17.8 Å². The van der Waals surface area contributed by atoms with Crippen molar-refractivity contribution in [2.75, 3.05) is 31.1 Å². The molecule has 0 aliphatic carbocycles. The van der Waals surface area contributed by atoms with Crippen LogP contribution in [0, 0.1) is 0 Å². The summed E-state index contributed by atoms with van der Waals surface area (Å²) in [6.07, 6.45) is 5.26. The van der Waals surface area contributed by atoms with Crippen LogP contribution >= 0.6 is 0 Å². The number of ether oxygens (including phenoxy) is 1. The summed E-state index contributed by atoms with van der Waals surface area (Å²) in [6, 6.07) is 8.61. The number of anilines is 1. The Hall–Kier alpha value is -3.16. The number of aromatic nitrogens is 2. The van der Waals surface area contributed by atoms with Crippen molar-refractivity contribution in [2.45, 2.75) is 25.8 Å². The van der Waals surface area contributed by atoms with E-state index in [-0.39, 0.29) is 24.4 Å². The van der Waals surface area contributed by atoms with Crippen LogP contribution in [0.15, 0.2) is 42.7 Å². The highest BCUT2D eigenvalue weighted by molar-refractivity contribution is 5.96. The van der Waals surface area contributed by atoms with Gasteiger partial charge >= 0.3 is 0 Å². The Balaban J connectivity index is 1.45. The van der Waals surface area contributed by atoms with Gasteiger partial charge in [-0.2, -0.15) is 0 Å². The Bertz CT molecular complexity index is 782. The maximum atomic E-state index is 12.2. The molecule has 1 aromatic heterocycles. The van der Waals surface area contributed by atoms with Crippen LogP contribution in [0.5, 0.6) is 5.75 Å². The van der Waals surface area contributed by atoms with E-state index in [1.165, 1.54) is 0 Å². The van der Waals surface area contributed by atoms with Gasteiger partial charge in [0.25, 0.3) is 5.91 Å². The fourth-order valence-electron chi connectivity index (χ4n) is 3.14. The van der Waals surface area contributed by atoms with E-state index in [0.29, 0.717) is 30.4 Å². The van der Waals surface area contributed by atoms with Crippen LogP contribution in [0.25, 0.3) is 0 Å². The van der Waals surface area contributed by atoms with Crippen molar-refractivity contribution in [2.24, 2.45) is 0 Å². The Kier molecular flexibility index (Phi) is 6.78. The van der Waals surface area contributed by atoms with Gasteiger partial charge in [0.2, 0.25) is 11.9 Å². The standard InChI is InChI=1S/C20H25N5O3/c1-2-28-17-8-6-15(7-9-17)19(27)23-13-18(26)24-16-5-3-12-25(14-16)20-21-10-4-11-22-20/h4,6-11,16H,2-3,5,12-14H2,1H3,(H,23,27)(H,24,26)/t16-/m1/s1. The molecule has 0 spiro atoms. The summed E-state index contributed by atoms with van der Waals surface area (Å²) in [6.45, 7) is 3.93. The number of carbonyl (C=O) groups is 2. The summed E-state index contributed by atoms with van der Waals surface area (Å²) in [7, 11) is 0. The molecule has 1 aliphatic rings. The fourth-order valence-corrected chi connectivity index (χ4v) is 3.14. The third-order valence-corrected chi connectivity index (χ3v) is 4.46. The van der Waals surface area contributed by atoms with Crippen molar-refractivity contribution in [1.29, 1.82) is 0 Å². The maximum Gasteiger partial charge on any atom is 0.251 e. The van der Waals surface area contributed by atoms with Gasteiger partial charge in [-0.1, -0.05) is 0 Å². The molecule has 0 unspecified atom stereocenters. The van der Waals surface area contributed by atoms with Crippen molar-refractivity contribution < 1.29 is 14.3 Å². The quantitative estimate of drug-likeness (QED) is 0.750. The fraction of sp³-hybridized carbons (Fsp3) is 0.400. The molecule has 1 atom stereocenters. The first-order valence-electron chi connectivity index (χ1n) is 9.48. The largest absolute Gasteiger partial charge is 0.494 e. The SMILES string of the molecule is CCOc1ccc(C(=O)NCC(=O)N[C@@H]2CCCN(c3ncccn3)C2)cc1. The summed E-state index contributed by atoms with van der Waals surface area (Å²) >= 11 is 0. The maximum absolute atomic E-state index is 12.2. The minimum absolute atomic E-state index is 0.00688. The second-order valence-corrected chi connectivity index (χ2v) is 6.54. The van der Waals surface area contributed by atoms with Crippen LogP contribution in [0.3, 0.4) is 0 Å². The van der Waals surface area contributed by atoms with E-state index >= 15 is 0 Å². The van der Waals surface area contributed by atoms with Gasteiger partial charge in [-0.05, 0) is 50.1 Å². The lowest BCUT2D eigenvalue weighted by molar-refractivity contribution is -0.120. The minimum atomic E-state index is -0.291. The number of benzene rings is 1. The van der Waals surface area contributed by atoms with Crippen LogP contribution in [0.1, 0.15) is 30.1 Å². The molecule has 1 aliphatic heterocycles. The number of hydrogen-bond donors (Lipinski definition) is 2. The van der Waals surface area contributed by atoms with E-state index in [9.17, 15) is 9.59 Å². The summed E-state index contributed by atoms with van der Waals surface area (Å²) < 4.78 is 5.36. The van der Waals surface area contributed by atoms with Gasteiger partial charge in [-0.15, -0.1) is 0 Å². The van der Waals surface area contributed by atoms with Crippen LogP contribution in [-0.2, 0) is 4.79 Å². The molecule has 3 rings (SSSR count). The highest BCUT2D eigenvalue weighted by atomic mass is 16.5. The van der Waals surface area contributed by atoms with Gasteiger partial charge in [0, 0.05) is 37.1 Å². The lowest BCUT2D eigenvalue weighted by Gasteiger charge is -2.33. The van der Waals surface area contributed by atoms with Crippen molar-refractivity contribution in [1.82, 2.24) is 20.6 Å². The molecule has 8 heteroatoms. The van der Waals surface area contributed by atoms with Gasteiger partial charge < -0.3 is 20.3 Å². The predicted molar refractivity (Wildman–Crippen MR) is 105 cm³/mol. The molecule has 1 saturated heterocycles. The summed E-state index contributed by atoms with van der Waals surface area (Å²) in [5.41, 5.74) is 0.487. The zero-order valence-electron chi connectivity index (χ0n) is 15.9. The van der Waals surface area contributed by atoms with Crippen LogP contribution in [0.2, 0.25) is 0 Å². The first-order valence-corrected chi connectivity index (χ1v) is 9.48. The number of nitrogens with one attached hydrogen (secondary N) is 2. The number of rotatable bonds is 7. The highest BCUT2D eigenvalue weighted by Gasteiger charge is 2.23. The van der Waals surface area contributed by atoms with Crippen LogP contribution in [0.4, 0.5) is 5.95 Å². The highest BCUT2D eigenvalue weighted by Crippen LogP contribution is 2.15. The average molecular weight is 383 g/mol. The smallest absolute Gasteiger partial charge is 0.251 e. The van der Waals surface area contributed by atoms with E-state index < -0.39 is 0 Å². The lowest BCUT2D eigenvalue weighted by Crippen LogP contribution is -2.50. The second-order valence-electron chi connectivity index (χ2n) is 6.54. The van der Waals surface area contributed by atoms with Gasteiger partial charge in [0.05, 0.1) is 13.2 Å². The molecule has 2 amide bonds. The molecular weight excluding hydrogens is 358 g/mol. The number of carbonyl (C=O) groups excluding carboxylic acids is 2. The van der Waals surface area contributed by atoms with Crippen molar-refractivity contribution in [3.8, 4) is 5.75 Å². The van der Waals surface area contributed by atoms with Gasteiger partial charge in [-0.25, -0.2) is 9.97 Å². The zero-order chi connectivity index (χ0) is 19.8. The second kappa shape index (κ2) is 9.68. The van der Waals surface area contributed by atoms with E-state index in [4.69, 9.17) is 4.74 Å². The number of hydrogen-bond acceptors (Lipinski definition) is 6. The summed E-state index contributed by atoms with van der Waals surface area (Å²) in [4.78, 5) is 35.0. The molecule has 148 valence electrons. The van der Waals surface area contributed by atoms with E-state index in [0.717, 1.165) is 19.4 Å². The van der Waals surface area contributed by atoms with Crippen LogP contribution < -0.4 is 20.3 Å². The van der Waals surface area contributed by atoms with Gasteiger partial charge in [0.15, 0.2) is 0 Å². The van der Waals surface area contributed by atoms with Crippen molar-refractivity contribution in [3.63, 3.8) is 0 Å². The molecule has 1 fully saturated rings. The van der Waals surface area contributed by atoms with E-state index in [1.807, 2.05) is 6.92 Å². The average Bonchev–Trinajstić information content (AvgIpc) is 2.74. The minimum Gasteiger partial charge on any atom is -0.494 e. The summed E-state index contributed by atoms with van der Waals surface area (Å²) in [5, 5.41) is 5.63. The third kappa shape index (κ3) is 5.42. The molecule has 0 radical (unpaired) electrons. The van der Waals surface area contributed by atoms with Gasteiger partial charge in [-0.3, -0.25) is 9.59 Å². The van der Waals surface area contributed by atoms with Gasteiger partial charge in [0.1, 0.15) is 5.75 Å². The Morgan fingerprint density at radius 1 is 1.21 bits per heavy atom. The molecule has 1 aromatic carbocycles. The first-order chi connectivity index (χ1) is 13.7. The van der Waals surface area contributed by atoms with Crippen LogP contribution in [-0.4, -0.2) is 54.1 Å². The number of amides is 2. The Morgan fingerprint density at radius 2 is 1.96 bits per heavy atom.